The zero-order chi connectivity index (χ0) is 19.5. The zero-order valence-corrected chi connectivity index (χ0v) is 16.1. The van der Waals surface area contributed by atoms with Gasteiger partial charge >= 0.3 is 0 Å². The molecule has 28 heavy (non-hydrogen) atoms. The molecule has 0 aliphatic heterocycles. The average molecular weight is 408 g/mol. The summed E-state index contributed by atoms with van der Waals surface area (Å²) in [6.07, 6.45) is 0. The van der Waals surface area contributed by atoms with Crippen LogP contribution in [0.5, 0.6) is 0 Å². The van der Waals surface area contributed by atoms with Crippen molar-refractivity contribution >= 4 is 45.7 Å². The number of thiophene rings is 1. The molecule has 0 fully saturated rings. The number of benzene rings is 2. The smallest absolute Gasteiger partial charge is 0.267 e. The molecule has 0 atom stereocenters. The minimum Gasteiger partial charge on any atom is -0.267 e. The molecule has 0 radical (unpaired) electrons. The van der Waals surface area contributed by atoms with E-state index in [-0.39, 0.29) is 5.56 Å². The van der Waals surface area contributed by atoms with E-state index in [1.807, 2.05) is 41.8 Å². The van der Waals surface area contributed by atoms with Crippen LogP contribution in [0.2, 0.25) is 5.02 Å². The summed E-state index contributed by atoms with van der Waals surface area (Å²) in [5.74, 6) is -0.924. The molecule has 0 unspecified atom stereocenters. The van der Waals surface area contributed by atoms with Crippen molar-refractivity contribution in [2.45, 2.75) is 0 Å². The maximum atomic E-state index is 12.8. The average Bonchev–Trinajstić information content (AvgIpc) is 3.26. The zero-order valence-electron chi connectivity index (χ0n) is 14.5. The summed E-state index contributed by atoms with van der Waals surface area (Å²) in [5, 5.41) is 2.96. The first kappa shape index (κ1) is 18.2. The van der Waals surface area contributed by atoms with Crippen molar-refractivity contribution in [3.8, 4) is 10.6 Å². The van der Waals surface area contributed by atoms with Gasteiger partial charge in [-0.3, -0.25) is 20.4 Å². The number of hydrazine groups is 1. The molecule has 2 heterocycles. The second kappa shape index (κ2) is 7.80. The molecule has 2 aromatic heterocycles. The molecule has 0 aliphatic carbocycles. The summed E-state index contributed by atoms with van der Waals surface area (Å²) in [4.78, 5) is 30.7. The van der Waals surface area contributed by atoms with E-state index < -0.39 is 11.8 Å². The highest BCUT2D eigenvalue weighted by atomic mass is 35.5. The predicted octanol–water partition coefficient (Wildman–Crippen LogP) is 4.69. The van der Waals surface area contributed by atoms with E-state index in [0.29, 0.717) is 27.2 Å². The molecule has 4 rings (SSSR count). The standard InChI is InChI=1S/C21H14ClN3O2S/c22-16-8-3-1-7-14(16)20(26)24-25-21(27)15-12-18(19-10-5-11-28-19)23-17-9-4-2-6-13(15)17/h1-12H,(H,24,26)(H,25,27). The van der Waals surface area contributed by atoms with E-state index in [4.69, 9.17) is 11.6 Å². The fraction of sp³-hybridized carbons (Fsp3) is 0. The quantitative estimate of drug-likeness (QED) is 0.484. The maximum absolute atomic E-state index is 12.8. The Bertz CT molecular complexity index is 1180. The first-order valence-corrected chi connectivity index (χ1v) is 9.68. The first-order valence-electron chi connectivity index (χ1n) is 8.42. The summed E-state index contributed by atoms with van der Waals surface area (Å²) in [7, 11) is 0. The van der Waals surface area contributed by atoms with Crippen LogP contribution in [0.4, 0.5) is 0 Å². The number of fused-ring (bicyclic) bond motifs is 1. The molecule has 4 aromatic rings. The van der Waals surface area contributed by atoms with Crippen molar-refractivity contribution in [2.24, 2.45) is 0 Å². The van der Waals surface area contributed by atoms with E-state index in [2.05, 4.69) is 15.8 Å². The normalized spacial score (nSPS) is 10.6. The van der Waals surface area contributed by atoms with Gasteiger partial charge in [-0.2, -0.15) is 0 Å². The molecule has 2 aromatic carbocycles. The first-order chi connectivity index (χ1) is 13.6. The molecule has 0 saturated heterocycles. The number of nitrogens with zero attached hydrogens (tertiary/aromatic N) is 1. The van der Waals surface area contributed by atoms with Crippen molar-refractivity contribution in [3.63, 3.8) is 0 Å². The number of nitrogens with one attached hydrogen (secondary N) is 2. The van der Waals surface area contributed by atoms with E-state index in [9.17, 15) is 9.59 Å². The van der Waals surface area contributed by atoms with Crippen molar-refractivity contribution in [3.05, 3.63) is 88.3 Å². The second-order valence-electron chi connectivity index (χ2n) is 5.94. The highest BCUT2D eigenvalue weighted by Crippen LogP contribution is 2.27. The number of para-hydroxylation sites is 1. The molecular formula is C21H14ClN3O2S. The number of aromatic nitrogens is 1. The van der Waals surface area contributed by atoms with Crippen LogP contribution < -0.4 is 10.9 Å². The third-order valence-corrected chi connectivity index (χ3v) is 5.36. The Hall–Kier alpha value is -3.22. The topological polar surface area (TPSA) is 71.1 Å². The molecule has 7 heteroatoms. The lowest BCUT2D eigenvalue weighted by molar-refractivity contribution is 0.0847. The van der Waals surface area contributed by atoms with Crippen LogP contribution in [0.15, 0.2) is 72.1 Å². The molecule has 138 valence electrons. The Morgan fingerprint density at radius 2 is 1.57 bits per heavy atom. The van der Waals surface area contributed by atoms with Gasteiger partial charge in [0.2, 0.25) is 0 Å². The predicted molar refractivity (Wildman–Crippen MR) is 111 cm³/mol. The second-order valence-corrected chi connectivity index (χ2v) is 7.29. The summed E-state index contributed by atoms with van der Waals surface area (Å²) in [5.41, 5.74) is 7.00. The van der Waals surface area contributed by atoms with Crippen molar-refractivity contribution in [2.75, 3.05) is 0 Å². The summed E-state index contributed by atoms with van der Waals surface area (Å²) in [6.45, 7) is 0. The van der Waals surface area contributed by atoms with E-state index >= 15 is 0 Å². The summed E-state index contributed by atoms with van der Waals surface area (Å²) in [6, 6.07) is 19.6. The van der Waals surface area contributed by atoms with E-state index in [1.54, 1.807) is 41.7 Å². The number of pyridine rings is 1. The van der Waals surface area contributed by atoms with Crippen LogP contribution >= 0.6 is 22.9 Å². The molecule has 0 spiro atoms. The van der Waals surface area contributed by atoms with Gasteiger partial charge in [0, 0.05) is 5.39 Å². The monoisotopic (exact) mass is 407 g/mol. The van der Waals surface area contributed by atoms with Crippen LogP contribution in [-0.4, -0.2) is 16.8 Å². The Labute approximate surface area is 170 Å². The van der Waals surface area contributed by atoms with E-state index in [1.165, 1.54) is 0 Å². The van der Waals surface area contributed by atoms with Crippen molar-refractivity contribution in [1.82, 2.24) is 15.8 Å². The number of rotatable bonds is 3. The number of carbonyl (C=O) groups is 2. The summed E-state index contributed by atoms with van der Waals surface area (Å²) < 4.78 is 0. The minimum atomic E-state index is -0.490. The van der Waals surface area contributed by atoms with Crippen LogP contribution in [0, 0.1) is 0 Å². The van der Waals surface area contributed by atoms with Gasteiger partial charge < -0.3 is 0 Å². The Morgan fingerprint density at radius 1 is 0.857 bits per heavy atom. The Morgan fingerprint density at radius 3 is 2.32 bits per heavy atom. The van der Waals surface area contributed by atoms with Crippen LogP contribution in [-0.2, 0) is 0 Å². The number of halogens is 1. The van der Waals surface area contributed by atoms with Gasteiger partial charge in [0.1, 0.15) is 0 Å². The van der Waals surface area contributed by atoms with Gasteiger partial charge in [-0.15, -0.1) is 11.3 Å². The number of hydrogen-bond donors (Lipinski definition) is 2. The fourth-order valence-corrected chi connectivity index (χ4v) is 3.72. The van der Waals surface area contributed by atoms with Crippen LogP contribution in [0.1, 0.15) is 20.7 Å². The largest absolute Gasteiger partial charge is 0.271 e. The molecule has 0 saturated carbocycles. The van der Waals surface area contributed by atoms with Gasteiger partial charge in [-0.1, -0.05) is 48.0 Å². The highest BCUT2D eigenvalue weighted by molar-refractivity contribution is 7.13. The Balaban J connectivity index is 1.63. The molecule has 5 nitrogen and oxygen atoms in total. The number of amides is 2. The lowest BCUT2D eigenvalue weighted by atomic mass is 10.1. The van der Waals surface area contributed by atoms with Crippen molar-refractivity contribution in [1.29, 1.82) is 0 Å². The van der Waals surface area contributed by atoms with Gasteiger partial charge in [-0.05, 0) is 35.7 Å². The van der Waals surface area contributed by atoms with Gasteiger partial charge in [0.15, 0.2) is 0 Å². The fourth-order valence-electron chi connectivity index (χ4n) is 2.81. The molecule has 0 aliphatic rings. The van der Waals surface area contributed by atoms with Crippen LogP contribution in [0.3, 0.4) is 0 Å². The number of carbonyl (C=O) groups excluding carboxylic acids is 2. The van der Waals surface area contributed by atoms with E-state index in [0.717, 1.165) is 4.88 Å². The molecular weight excluding hydrogens is 394 g/mol. The van der Waals surface area contributed by atoms with Gasteiger partial charge in [0.05, 0.1) is 32.2 Å². The number of hydrogen-bond acceptors (Lipinski definition) is 4. The van der Waals surface area contributed by atoms with Crippen molar-refractivity contribution < 1.29 is 9.59 Å². The lowest BCUT2D eigenvalue weighted by Crippen LogP contribution is -2.41. The Kier molecular flexibility index (Phi) is 5.06. The summed E-state index contributed by atoms with van der Waals surface area (Å²) >= 11 is 7.57. The third kappa shape index (κ3) is 3.60. The third-order valence-electron chi connectivity index (χ3n) is 4.14. The molecule has 0 bridgehead atoms. The maximum Gasteiger partial charge on any atom is 0.271 e. The molecule has 2 N–H and O–H groups in total. The van der Waals surface area contributed by atoms with Crippen LogP contribution in [0.25, 0.3) is 21.5 Å². The minimum absolute atomic E-state index is 0.281. The van der Waals surface area contributed by atoms with Gasteiger partial charge in [0.25, 0.3) is 11.8 Å². The lowest BCUT2D eigenvalue weighted by Gasteiger charge is -2.11. The highest BCUT2D eigenvalue weighted by Gasteiger charge is 2.16. The van der Waals surface area contributed by atoms with Gasteiger partial charge in [-0.25, -0.2) is 4.98 Å². The molecule has 2 amide bonds. The SMILES string of the molecule is O=C(NNC(=O)c1cc(-c2cccs2)nc2ccccc12)c1ccccc1Cl.